The van der Waals surface area contributed by atoms with Crippen LogP contribution in [0.3, 0.4) is 0 Å². The fourth-order valence-corrected chi connectivity index (χ4v) is 2.57. The van der Waals surface area contributed by atoms with Crippen LogP contribution in [-0.2, 0) is 0 Å². The van der Waals surface area contributed by atoms with E-state index in [0.717, 1.165) is 6.04 Å². The Morgan fingerprint density at radius 1 is 1.27 bits per heavy atom. The molecule has 1 atom stereocenters. The molecule has 15 heavy (non-hydrogen) atoms. The molecule has 0 aromatic heterocycles. The summed E-state index contributed by atoms with van der Waals surface area (Å²) in [6, 6.07) is 1.50. The molecule has 90 valence electrons. The van der Waals surface area contributed by atoms with Gasteiger partial charge in [0.1, 0.15) is 0 Å². The van der Waals surface area contributed by atoms with E-state index in [1.807, 2.05) is 0 Å². The smallest absolute Gasteiger partial charge is 0.0192 e. The third kappa shape index (κ3) is 4.52. The molecule has 1 rings (SSSR count). The molecule has 1 fully saturated rings. The second-order valence-corrected chi connectivity index (χ2v) is 4.87. The monoisotopic (exact) mass is 212 g/mol. The number of nitrogens with zero attached hydrogens (tertiary/aromatic N) is 1. The minimum atomic E-state index is 0.690. The van der Waals surface area contributed by atoms with Crippen LogP contribution in [0.1, 0.15) is 52.9 Å². The molecule has 1 unspecified atom stereocenters. The Bertz CT molecular complexity index is 153. The number of likely N-dealkylation sites (N-methyl/N-ethyl adjacent to an activating group) is 1. The molecule has 1 saturated carbocycles. The Morgan fingerprint density at radius 3 is 2.47 bits per heavy atom. The molecule has 2 heteroatoms. The summed E-state index contributed by atoms with van der Waals surface area (Å²) in [4.78, 5) is 2.57. The Kier molecular flexibility index (Phi) is 6.26. The Labute approximate surface area is 95.4 Å². The van der Waals surface area contributed by atoms with Crippen molar-refractivity contribution in [2.75, 3.05) is 19.6 Å². The van der Waals surface area contributed by atoms with Crippen LogP contribution in [0, 0.1) is 0 Å². The Balaban J connectivity index is 2.17. The van der Waals surface area contributed by atoms with Crippen molar-refractivity contribution in [1.29, 1.82) is 0 Å². The van der Waals surface area contributed by atoms with Gasteiger partial charge in [-0.05, 0) is 39.3 Å². The summed E-state index contributed by atoms with van der Waals surface area (Å²) in [6.45, 7) is 10.5. The van der Waals surface area contributed by atoms with E-state index in [2.05, 4.69) is 31.0 Å². The van der Waals surface area contributed by atoms with Gasteiger partial charge < -0.3 is 5.32 Å². The second kappa shape index (κ2) is 7.24. The normalized spacial score (nSPS) is 20.0. The summed E-state index contributed by atoms with van der Waals surface area (Å²) in [7, 11) is 0. The van der Waals surface area contributed by atoms with E-state index in [9.17, 15) is 0 Å². The summed E-state index contributed by atoms with van der Waals surface area (Å²) in [6.07, 6.45) is 6.91. The summed E-state index contributed by atoms with van der Waals surface area (Å²) < 4.78 is 0. The first-order valence-electron chi connectivity index (χ1n) is 6.75. The molecule has 1 N–H and O–H groups in total. The van der Waals surface area contributed by atoms with E-state index < -0.39 is 0 Å². The first kappa shape index (κ1) is 13.0. The van der Waals surface area contributed by atoms with Gasteiger partial charge in [0.05, 0.1) is 0 Å². The second-order valence-electron chi connectivity index (χ2n) is 4.87. The standard InChI is InChI=1S/C13H28N2/c1-4-10-15(5-2)12(3)11-14-13-8-6-7-9-13/h12-14H,4-11H2,1-3H3. The molecular weight excluding hydrogens is 184 g/mol. The zero-order valence-electron chi connectivity index (χ0n) is 10.8. The van der Waals surface area contributed by atoms with E-state index in [0.29, 0.717) is 6.04 Å². The number of rotatable bonds is 7. The van der Waals surface area contributed by atoms with Gasteiger partial charge in [-0.15, -0.1) is 0 Å². The number of hydrogen-bond donors (Lipinski definition) is 1. The van der Waals surface area contributed by atoms with Gasteiger partial charge >= 0.3 is 0 Å². The summed E-state index contributed by atoms with van der Waals surface area (Å²) >= 11 is 0. The first-order chi connectivity index (χ1) is 7.27. The van der Waals surface area contributed by atoms with Gasteiger partial charge in [0.2, 0.25) is 0 Å². The average Bonchev–Trinajstić information content (AvgIpc) is 2.75. The molecule has 1 aliphatic rings. The van der Waals surface area contributed by atoms with Crippen LogP contribution >= 0.6 is 0 Å². The van der Waals surface area contributed by atoms with Gasteiger partial charge in [-0.2, -0.15) is 0 Å². The first-order valence-corrected chi connectivity index (χ1v) is 6.75. The molecular formula is C13H28N2. The fourth-order valence-electron chi connectivity index (χ4n) is 2.57. The van der Waals surface area contributed by atoms with Crippen LogP contribution in [0.4, 0.5) is 0 Å². The molecule has 0 bridgehead atoms. The van der Waals surface area contributed by atoms with Crippen molar-refractivity contribution in [3.05, 3.63) is 0 Å². The van der Waals surface area contributed by atoms with Crippen LogP contribution in [0.5, 0.6) is 0 Å². The molecule has 0 spiro atoms. The zero-order chi connectivity index (χ0) is 11.1. The summed E-state index contributed by atoms with van der Waals surface area (Å²) in [5.41, 5.74) is 0. The minimum Gasteiger partial charge on any atom is -0.312 e. The summed E-state index contributed by atoms with van der Waals surface area (Å²) in [5.74, 6) is 0. The van der Waals surface area contributed by atoms with Crippen LogP contribution in [0.25, 0.3) is 0 Å². The summed E-state index contributed by atoms with van der Waals surface area (Å²) in [5, 5.41) is 3.71. The predicted octanol–water partition coefficient (Wildman–Crippen LogP) is 2.64. The van der Waals surface area contributed by atoms with Crippen molar-refractivity contribution in [1.82, 2.24) is 10.2 Å². The minimum absolute atomic E-state index is 0.690. The van der Waals surface area contributed by atoms with Crippen molar-refractivity contribution >= 4 is 0 Å². The van der Waals surface area contributed by atoms with Gasteiger partial charge in [-0.1, -0.05) is 26.7 Å². The lowest BCUT2D eigenvalue weighted by atomic mass is 10.2. The molecule has 0 saturated heterocycles. The highest BCUT2D eigenvalue weighted by Gasteiger charge is 2.16. The molecule has 2 nitrogen and oxygen atoms in total. The van der Waals surface area contributed by atoms with E-state index in [-0.39, 0.29) is 0 Å². The van der Waals surface area contributed by atoms with Gasteiger partial charge in [0.15, 0.2) is 0 Å². The van der Waals surface area contributed by atoms with Gasteiger partial charge in [-0.25, -0.2) is 0 Å². The quantitative estimate of drug-likeness (QED) is 0.698. The molecule has 0 radical (unpaired) electrons. The third-order valence-electron chi connectivity index (χ3n) is 3.60. The van der Waals surface area contributed by atoms with Crippen molar-refractivity contribution in [3.8, 4) is 0 Å². The van der Waals surface area contributed by atoms with Gasteiger partial charge in [0.25, 0.3) is 0 Å². The number of nitrogens with one attached hydrogen (secondary N) is 1. The highest BCUT2D eigenvalue weighted by atomic mass is 15.2. The molecule has 0 aromatic carbocycles. The van der Waals surface area contributed by atoms with Crippen LogP contribution in [-0.4, -0.2) is 36.6 Å². The van der Waals surface area contributed by atoms with Crippen molar-refractivity contribution in [2.45, 2.75) is 65.0 Å². The Hall–Kier alpha value is -0.0800. The van der Waals surface area contributed by atoms with Gasteiger partial charge in [0, 0.05) is 18.6 Å². The van der Waals surface area contributed by atoms with Crippen LogP contribution < -0.4 is 5.32 Å². The molecule has 0 amide bonds. The van der Waals surface area contributed by atoms with Crippen molar-refractivity contribution in [3.63, 3.8) is 0 Å². The van der Waals surface area contributed by atoms with E-state index in [4.69, 9.17) is 0 Å². The largest absolute Gasteiger partial charge is 0.312 e. The lowest BCUT2D eigenvalue weighted by Crippen LogP contribution is -2.43. The SMILES string of the molecule is CCCN(CC)C(C)CNC1CCCC1. The predicted molar refractivity (Wildman–Crippen MR) is 67.3 cm³/mol. The highest BCUT2D eigenvalue weighted by molar-refractivity contribution is 4.77. The molecule has 0 heterocycles. The van der Waals surface area contributed by atoms with E-state index in [1.165, 1.54) is 51.7 Å². The van der Waals surface area contributed by atoms with Crippen molar-refractivity contribution < 1.29 is 0 Å². The van der Waals surface area contributed by atoms with Crippen LogP contribution in [0.15, 0.2) is 0 Å². The maximum atomic E-state index is 3.71. The number of hydrogen-bond acceptors (Lipinski definition) is 2. The third-order valence-corrected chi connectivity index (χ3v) is 3.60. The lowest BCUT2D eigenvalue weighted by molar-refractivity contribution is 0.210. The van der Waals surface area contributed by atoms with Crippen molar-refractivity contribution in [2.24, 2.45) is 0 Å². The zero-order valence-corrected chi connectivity index (χ0v) is 10.8. The topological polar surface area (TPSA) is 15.3 Å². The fraction of sp³-hybridized carbons (Fsp3) is 1.00. The molecule has 0 aromatic rings. The maximum Gasteiger partial charge on any atom is 0.0192 e. The average molecular weight is 212 g/mol. The Morgan fingerprint density at radius 2 is 1.93 bits per heavy atom. The lowest BCUT2D eigenvalue weighted by Gasteiger charge is -2.28. The molecule has 0 aliphatic heterocycles. The van der Waals surface area contributed by atoms with E-state index in [1.54, 1.807) is 0 Å². The van der Waals surface area contributed by atoms with Crippen LogP contribution in [0.2, 0.25) is 0 Å². The van der Waals surface area contributed by atoms with E-state index >= 15 is 0 Å². The highest BCUT2D eigenvalue weighted by Crippen LogP contribution is 2.17. The molecule has 1 aliphatic carbocycles. The van der Waals surface area contributed by atoms with Gasteiger partial charge in [-0.3, -0.25) is 4.90 Å². The maximum absolute atomic E-state index is 3.71.